The lowest BCUT2D eigenvalue weighted by Crippen LogP contribution is -2.39. The summed E-state index contributed by atoms with van der Waals surface area (Å²) in [6.07, 6.45) is 4.29. The summed E-state index contributed by atoms with van der Waals surface area (Å²) in [5, 5.41) is 9.86. The van der Waals surface area contributed by atoms with Crippen molar-refractivity contribution in [2.75, 3.05) is 13.1 Å². The largest absolute Gasteiger partial charge is 0.465 e. The Labute approximate surface area is 189 Å². The van der Waals surface area contributed by atoms with E-state index in [0.717, 1.165) is 21.6 Å². The van der Waals surface area contributed by atoms with E-state index in [1.165, 1.54) is 36.6 Å². The van der Waals surface area contributed by atoms with Crippen LogP contribution >= 0.6 is 23.5 Å². The molecule has 2 aliphatic rings. The van der Waals surface area contributed by atoms with Crippen molar-refractivity contribution in [3.63, 3.8) is 0 Å². The molecule has 3 heterocycles. The second-order valence-corrected chi connectivity index (χ2v) is 8.52. The van der Waals surface area contributed by atoms with E-state index >= 15 is 0 Å². The zero-order chi connectivity index (χ0) is 22.8. The molecular formula is C20H13N3O7S2. The van der Waals surface area contributed by atoms with Gasteiger partial charge in [-0.2, -0.15) is 0 Å². The minimum Gasteiger partial charge on any atom is -0.465 e. The maximum absolute atomic E-state index is 12.6. The van der Waals surface area contributed by atoms with E-state index in [0.29, 0.717) is 23.1 Å². The number of nitro groups is 1. The second kappa shape index (κ2) is 8.85. The fraction of sp³-hybridized carbons (Fsp3) is 0.100. The van der Waals surface area contributed by atoms with Crippen LogP contribution in [0.1, 0.15) is 11.3 Å². The summed E-state index contributed by atoms with van der Waals surface area (Å²) in [5.74, 6) is -0.701. The number of thioether (sulfide) groups is 2. The average molecular weight is 471 g/mol. The van der Waals surface area contributed by atoms with Crippen LogP contribution in [0.25, 0.3) is 12.2 Å². The lowest BCUT2D eigenvalue weighted by Gasteiger charge is -2.17. The Morgan fingerprint density at radius 3 is 2.09 bits per heavy atom. The monoisotopic (exact) mass is 471 g/mol. The van der Waals surface area contributed by atoms with Crippen LogP contribution in [0, 0.1) is 10.1 Å². The molecule has 0 radical (unpaired) electrons. The van der Waals surface area contributed by atoms with Gasteiger partial charge in [0.05, 0.1) is 21.0 Å². The van der Waals surface area contributed by atoms with Crippen LogP contribution in [0.5, 0.6) is 0 Å². The van der Waals surface area contributed by atoms with Crippen LogP contribution in [0.15, 0.2) is 56.9 Å². The van der Waals surface area contributed by atoms with E-state index in [4.69, 9.17) is 4.42 Å². The summed E-state index contributed by atoms with van der Waals surface area (Å²) in [5.41, 5.74) is 0.263. The molecule has 2 saturated heterocycles. The first-order valence-corrected chi connectivity index (χ1v) is 10.8. The Balaban J connectivity index is 1.44. The lowest BCUT2D eigenvalue weighted by atomic mass is 10.2. The van der Waals surface area contributed by atoms with E-state index in [2.05, 4.69) is 0 Å². The number of hydrogen-bond acceptors (Lipinski definition) is 9. The topological polar surface area (TPSA) is 131 Å². The van der Waals surface area contributed by atoms with E-state index in [9.17, 15) is 29.3 Å². The van der Waals surface area contributed by atoms with Gasteiger partial charge in [0.25, 0.3) is 28.0 Å². The quantitative estimate of drug-likeness (QED) is 0.349. The highest BCUT2D eigenvalue weighted by Crippen LogP contribution is 2.34. The van der Waals surface area contributed by atoms with Gasteiger partial charge in [-0.3, -0.25) is 39.1 Å². The van der Waals surface area contributed by atoms with Gasteiger partial charge in [-0.05, 0) is 47.3 Å². The molecule has 0 unspecified atom stereocenters. The molecule has 0 atom stereocenters. The molecule has 1 aromatic heterocycles. The van der Waals surface area contributed by atoms with E-state index < -0.39 is 27.2 Å². The number of imide groups is 2. The molecule has 1 aromatic carbocycles. The molecule has 0 saturated carbocycles. The van der Waals surface area contributed by atoms with Gasteiger partial charge >= 0.3 is 0 Å². The highest BCUT2D eigenvalue weighted by atomic mass is 32.2. The maximum Gasteiger partial charge on any atom is 0.293 e. The third-order valence-corrected chi connectivity index (χ3v) is 6.30. The minimum absolute atomic E-state index is 0.0994. The molecule has 2 aliphatic heterocycles. The summed E-state index contributed by atoms with van der Waals surface area (Å²) in [7, 11) is 0. The fourth-order valence-electron chi connectivity index (χ4n) is 2.97. The molecule has 4 rings (SSSR count). The van der Waals surface area contributed by atoms with Crippen LogP contribution < -0.4 is 0 Å². The standard InChI is InChI=1S/C20H13N3O7S2/c24-17-15(10-12-3-1-4-13(9-12)23(28)29)31-19(26)21(17)6-7-22-18(25)16(32-20(22)27)11-14-5-2-8-30-14/h1-5,8-11H,6-7H2/b15-10-,16-11+. The number of non-ortho nitro benzene ring substituents is 1. The van der Waals surface area contributed by atoms with Crippen LogP contribution in [0.4, 0.5) is 15.3 Å². The molecule has 32 heavy (non-hydrogen) atoms. The minimum atomic E-state index is -0.593. The van der Waals surface area contributed by atoms with Crippen molar-refractivity contribution in [1.29, 1.82) is 0 Å². The molecule has 162 valence electrons. The molecule has 10 nitrogen and oxygen atoms in total. The Hall–Kier alpha value is -3.64. The predicted molar refractivity (Wildman–Crippen MR) is 117 cm³/mol. The van der Waals surface area contributed by atoms with Crippen LogP contribution in [0.2, 0.25) is 0 Å². The van der Waals surface area contributed by atoms with E-state index in [-0.39, 0.29) is 28.6 Å². The number of carbonyl (C=O) groups excluding carboxylic acids is 4. The number of furan rings is 1. The molecule has 0 bridgehead atoms. The van der Waals surface area contributed by atoms with Crippen molar-refractivity contribution in [3.05, 3.63) is 73.9 Å². The van der Waals surface area contributed by atoms with Crippen LogP contribution in [-0.2, 0) is 9.59 Å². The molecule has 0 N–H and O–H groups in total. The van der Waals surface area contributed by atoms with Crippen LogP contribution in [0.3, 0.4) is 0 Å². The van der Waals surface area contributed by atoms with Crippen molar-refractivity contribution in [2.45, 2.75) is 0 Å². The molecule has 0 aliphatic carbocycles. The third-order valence-electron chi connectivity index (χ3n) is 4.49. The van der Waals surface area contributed by atoms with Crippen molar-refractivity contribution < 1.29 is 28.5 Å². The van der Waals surface area contributed by atoms with E-state index in [1.54, 1.807) is 18.2 Å². The number of benzene rings is 1. The zero-order valence-corrected chi connectivity index (χ0v) is 17.8. The van der Waals surface area contributed by atoms with Crippen molar-refractivity contribution in [2.24, 2.45) is 0 Å². The van der Waals surface area contributed by atoms with Gasteiger partial charge in [-0.1, -0.05) is 12.1 Å². The highest BCUT2D eigenvalue weighted by Gasteiger charge is 2.39. The van der Waals surface area contributed by atoms with E-state index in [1.807, 2.05) is 0 Å². The predicted octanol–water partition coefficient (Wildman–Crippen LogP) is 3.96. The molecular weight excluding hydrogens is 458 g/mol. The summed E-state index contributed by atoms with van der Waals surface area (Å²) < 4.78 is 5.15. The molecule has 0 spiro atoms. The number of amides is 4. The first kappa shape index (κ1) is 21.6. The first-order chi connectivity index (χ1) is 15.3. The first-order valence-electron chi connectivity index (χ1n) is 9.12. The third kappa shape index (κ3) is 4.36. The summed E-state index contributed by atoms with van der Waals surface area (Å²) >= 11 is 1.44. The fourth-order valence-corrected chi connectivity index (χ4v) is 4.68. The van der Waals surface area contributed by atoms with Crippen molar-refractivity contribution in [3.8, 4) is 0 Å². The number of rotatable bonds is 6. The van der Waals surface area contributed by atoms with Gasteiger partial charge in [-0.15, -0.1) is 0 Å². The van der Waals surface area contributed by atoms with Gasteiger partial charge in [0.15, 0.2) is 0 Å². The van der Waals surface area contributed by atoms with Crippen LogP contribution in [-0.4, -0.2) is 50.1 Å². The average Bonchev–Trinajstić information content (AvgIpc) is 3.43. The smallest absolute Gasteiger partial charge is 0.293 e. The number of nitrogens with zero attached hydrogens (tertiary/aromatic N) is 3. The summed E-state index contributed by atoms with van der Waals surface area (Å²) in [6, 6.07) is 8.95. The van der Waals surface area contributed by atoms with Crippen molar-refractivity contribution >= 4 is 63.7 Å². The Kier molecular flexibility index (Phi) is 5.97. The van der Waals surface area contributed by atoms with Gasteiger partial charge in [0.2, 0.25) is 0 Å². The molecule has 2 aromatic rings. The second-order valence-electron chi connectivity index (χ2n) is 6.53. The lowest BCUT2D eigenvalue weighted by molar-refractivity contribution is -0.384. The maximum atomic E-state index is 12.6. The number of carbonyl (C=O) groups is 4. The van der Waals surface area contributed by atoms with Gasteiger partial charge in [0, 0.05) is 31.3 Å². The number of nitro benzene ring substituents is 1. The molecule has 2 fully saturated rings. The van der Waals surface area contributed by atoms with Gasteiger partial charge in [0.1, 0.15) is 5.76 Å². The Morgan fingerprint density at radius 1 is 0.906 bits per heavy atom. The zero-order valence-electron chi connectivity index (χ0n) is 16.1. The van der Waals surface area contributed by atoms with Gasteiger partial charge in [-0.25, -0.2) is 0 Å². The SMILES string of the molecule is O=C1S/C(=C\c2cccc([N+](=O)[O-])c2)C(=O)N1CCN1C(=O)S/C(=C/c2ccco2)C1=O. The Bertz CT molecular complexity index is 1200. The Morgan fingerprint density at radius 2 is 1.53 bits per heavy atom. The summed E-state index contributed by atoms with van der Waals surface area (Å²) in [4.78, 5) is 62.2. The number of hydrogen-bond donors (Lipinski definition) is 0. The molecule has 12 heteroatoms. The van der Waals surface area contributed by atoms with Gasteiger partial charge < -0.3 is 4.42 Å². The molecule has 4 amide bonds. The van der Waals surface area contributed by atoms with Crippen molar-refractivity contribution in [1.82, 2.24) is 9.80 Å². The summed E-state index contributed by atoms with van der Waals surface area (Å²) in [6.45, 7) is -0.314. The highest BCUT2D eigenvalue weighted by molar-refractivity contribution is 8.18. The normalized spacial score (nSPS) is 19.1.